The lowest BCUT2D eigenvalue weighted by Crippen LogP contribution is -2.04. The summed E-state index contributed by atoms with van der Waals surface area (Å²) in [4.78, 5) is 8.47. The Morgan fingerprint density at radius 1 is 1.40 bits per heavy atom. The zero-order valence-electron chi connectivity index (χ0n) is 11.0. The summed E-state index contributed by atoms with van der Waals surface area (Å²) in [6.45, 7) is 3.70. The molecule has 0 unspecified atom stereocenters. The number of nitrogens with zero attached hydrogens (tertiary/aromatic N) is 3. The fraction of sp³-hybridized carbons (Fsp3) is 0.214. The van der Waals surface area contributed by atoms with Crippen molar-refractivity contribution in [3.8, 4) is 6.07 Å². The Labute approximate surface area is 121 Å². The number of halogens is 2. The molecule has 0 spiro atoms. The van der Waals surface area contributed by atoms with Crippen molar-refractivity contribution in [1.82, 2.24) is 9.97 Å². The Morgan fingerprint density at radius 3 is 2.80 bits per heavy atom. The lowest BCUT2D eigenvalue weighted by Gasteiger charge is -2.12. The van der Waals surface area contributed by atoms with Crippen LogP contribution in [0.4, 0.5) is 15.9 Å². The predicted octanol–water partition coefficient (Wildman–Crippen LogP) is 3.76. The van der Waals surface area contributed by atoms with Crippen LogP contribution in [-0.4, -0.2) is 9.97 Å². The van der Waals surface area contributed by atoms with Crippen LogP contribution in [0.1, 0.15) is 23.9 Å². The molecular weight excluding hydrogens is 279 g/mol. The molecule has 0 atom stereocenters. The van der Waals surface area contributed by atoms with Gasteiger partial charge in [-0.2, -0.15) is 5.26 Å². The molecule has 2 rings (SSSR count). The van der Waals surface area contributed by atoms with Gasteiger partial charge in [0, 0.05) is 12.0 Å². The summed E-state index contributed by atoms with van der Waals surface area (Å²) in [5.41, 5.74) is 1.36. The van der Waals surface area contributed by atoms with Crippen LogP contribution in [0.3, 0.4) is 0 Å². The van der Waals surface area contributed by atoms with Crippen LogP contribution >= 0.6 is 11.6 Å². The van der Waals surface area contributed by atoms with Gasteiger partial charge in [0.15, 0.2) is 0 Å². The van der Waals surface area contributed by atoms with E-state index in [0.29, 0.717) is 34.5 Å². The molecule has 1 aromatic carbocycles. The smallest absolute Gasteiger partial charge is 0.138 e. The Kier molecular flexibility index (Phi) is 4.16. The minimum atomic E-state index is -0.459. The van der Waals surface area contributed by atoms with Gasteiger partial charge in [0.05, 0.1) is 11.3 Å². The first-order valence-corrected chi connectivity index (χ1v) is 6.42. The number of aromatic nitrogens is 2. The van der Waals surface area contributed by atoms with E-state index in [4.69, 9.17) is 16.9 Å². The van der Waals surface area contributed by atoms with Crippen molar-refractivity contribution in [2.24, 2.45) is 0 Å². The normalized spacial score (nSPS) is 10.2. The SMILES string of the molecule is CCc1nc(Cl)c(C)c(Nc2ccc(F)cc2C#N)n1. The lowest BCUT2D eigenvalue weighted by atomic mass is 10.2. The lowest BCUT2D eigenvalue weighted by molar-refractivity contribution is 0.627. The Bertz CT molecular complexity index is 694. The highest BCUT2D eigenvalue weighted by Gasteiger charge is 2.11. The van der Waals surface area contributed by atoms with Gasteiger partial charge < -0.3 is 5.32 Å². The molecule has 0 fully saturated rings. The predicted molar refractivity (Wildman–Crippen MR) is 75.6 cm³/mol. The molecule has 0 radical (unpaired) electrons. The summed E-state index contributed by atoms with van der Waals surface area (Å²) in [7, 11) is 0. The highest BCUT2D eigenvalue weighted by Crippen LogP contribution is 2.25. The van der Waals surface area contributed by atoms with Gasteiger partial charge >= 0.3 is 0 Å². The van der Waals surface area contributed by atoms with Gasteiger partial charge in [0.1, 0.15) is 28.7 Å². The van der Waals surface area contributed by atoms with Crippen molar-refractivity contribution in [2.75, 3.05) is 5.32 Å². The van der Waals surface area contributed by atoms with Gasteiger partial charge in [0.2, 0.25) is 0 Å². The summed E-state index contributed by atoms with van der Waals surface area (Å²) in [6, 6.07) is 5.88. The van der Waals surface area contributed by atoms with Crippen molar-refractivity contribution in [3.05, 3.63) is 46.1 Å². The number of nitriles is 1. The summed E-state index contributed by atoms with van der Waals surface area (Å²) in [5.74, 6) is 0.660. The van der Waals surface area contributed by atoms with E-state index in [1.807, 2.05) is 13.0 Å². The van der Waals surface area contributed by atoms with Crippen LogP contribution in [0, 0.1) is 24.1 Å². The van der Waals surface area contributed by atoms with Crippen molar-refractivity contribution < 1.29 is 4.39 Å². The summed E-state index contributed by atoms with van der Waals surface area (Å²) in [6.07, 6.45) is 0.642. The molecule has 0 saturated carbocycles. The summed E-state index contributed by atoms with van der Waals surface area (Å²) >= 11 is 6.05. The maximum atomic E-state index is 13.1. The van der Waals surface area contributed by atoms with E-state index in [-0.39, 0.29) is 5.56 Å². The Balaban J connectivity index is 2.45. The van der Waals surface area contributed by atoms with Gasteiger partial charge in [-0.3, -0.25) is 0 Å². The van der Waals surface area contributed by atoms with Gasteiger partial charge in [-0.1, -0.05) is 18.5 Å². The third kappa shape index (κ3) is 2.86. The number of aryl methyl sites for hydroxylation is 1. The van der Waals surface area contributed by atoms with Crippen LogP contribution in [0.2, 0.25) is 5.15 Å². The fourth-order valence-electron chi connectivity index (χ4n) is 1.66. The van der Waals surface area contributed by atoms with Crippen molar-refractivity contribution in [2.45, 2.75) is 20.3 Å². The summed E-state index contributed by atoms with van der Waals surface area (Å²) < 4.78 is 13.1. The molecule has 1 N–H and O–H groups in total. The van der Waals surface area contributed by atoms with Crippen LogP contribution < -0.4 is 5.32 Å². The topological polar surface area (TPSA) is 61.6 Å². The average Bonchev–Trinajstić information content (AvgIpc) is 2.45. The maximum absolute atomic E-state index is 13.1. The molecule has 0 amide bonds. The van der Waals surface area contributed by atoms with Crippen LogP contribution in [0.15, 0.2) is 18.2 Å². The second-order valence-corrected chi connectivity index (χ2v) is 4.54. The highest BCUT2D eigenvalue weighted by atomic mass is 35.5. The average molecular weight is 291 g/mol. The molecular formula is C14H12ClFN4. The number of hydrogen-bond donors (Lipinski definition) is 1. The number of anilines is 2. The third-order valence-electron chi connectivity index (χ3n) is 2.80. The van der Waals surface area contributed by atoms with Gasteiger partial charge in [-0.15, -0.1) is 0 Å². The minimum Gasteiger partial charge on any atom is -0.339 e. The first-order chi connectivity index (χ1) is 9.55. The van der Waals surface area contributed by atoms with E-state index in [9.17, 15) is 4.39 Å². The van der Waals surface area contributed by atoms with Crippen molar-refractivity contribution in [1.29, 1.82) is 5.26 Å². The molecule has 2 aromatic rings. The largest absolute Gasteiger partial charge is 0.339 e. The van der Waals surface area contributed by atoms with Gasteiger partial charge in [0.25, 0.3) is 0 Å². The van der Waals surface area contributed by atoms with E-state index >= 15 is 0 Å². The molecule has 1 aromatic heterocycles. The molecule has 0 aliphatic carbocycles. The first-order valence-electron chi connectivity index (χ1n) is 6.04. The van der Waals surface area contributed by atoms with Gasteiger partial charge in [-0.05, 0) is 25.1 Å². The monoisotopic (exact) mass is 290 g/mol. The van der Waals surface area contributed by atoms with E-state index in [1.165, 1.54) is 18.2 Å². The van der Waals surface area contributed by atoms with E-state index in [0.717, 1.165) is 0 Å². The highest BCUT2D eigenvalue weighted by molar-refractivity contribution is 6.30. The molecule has 0 saturated heterocycles. The molecule has 1 heterocycles. The molecule has 4 nitrogen and oxygen atoms in total. The van der Waals surface area contributed by atoms with Crippen molar-refractivity contribution >= 4 is 23.1 Å². The number of rotatable bonds is 3. The van der Waals surface area contributed by atoms with E-state index in [1.54, 1.807) is 6.92 Å². The van der Waals surface area contributed by atoms with Crippen LogP contribution in [-0.2, 0) is 6.42 Å². The summed E-state index contributed by atoms with van der Waals surface area (Å²) in [5, 5.41) is 12.4. The van der Waals surface area contributed by atoms with E-state index in [2.05, 4.69) is 15.3 Å². The zero-order chi connectivity index (χ0) is 14.7. The standard InChI is InChI=1S/C14H12ClFN4/c1-3-12-19-13(15)8(2)14(20-12)18-11-5-4-10(16)6-9(11)7-17/h4-6H,3H2,1-2H3,(H,18,19,20). The zero-order valence-corrected chi connectivity index (χ0v) is 11.8. The van der Waals surface area contributed by atoms with E-state index < -0.39 is 5.82 Å². The van der Waals surface area contributed by atoms with Crippen LogP contribution in [0.25, 0.3) is 0 Å². The number of hydrogen-bond acceptors (Lipinski definition) is 4. The Morgan fingerprint density at radius 2 is 2.15 bits per heavy atom. The first kappa shape index (κ1) is 14.2. The van der Waals surface area contributed by atoms with Crippen LogP contribution in [0.5, 0.6) is 0 Å². The fourth-order valence-corrected chi connectivity index (χ4v) is 1.85. The third-order valence-corrected chi connectivity index (χ3v) is 3.17. The second kappa shape index (κ2) is 5.85. The molecule has 0 bridgehead atoms. The second-order valence-electron chi connectivity index (χ2n) is 4.18. The number of nitrogens with one attached hydrogen (secondary N) is 1. The molecule has 0 aliphatic rings. The molecule has 0 aliphatic heterocycles. The van der Waals surface area contributed by atoms with Crippen molar-refractivity contribution in [3.63, 3.8) is 0 Å². The molecule has 6 heteroatoms. The van der Waals surface area contributed by atoms with Gasteiger partial charge in [-0.25, -0.2) is 14.4 Å². The number of benzene rings is 1. The molecule has 102 valence electrons. The minimum absolute atomic E-state index is 0.206. The maximum Gasteiger partial charge on any atom is 0.138 e. The quantitative estimate of drug-likeness (QED) is 0.874. The molecule has 20 heavy (non-hydrogen) atoms. The Hall–Kier alpha value is -2.19.